The molecule has 2 heterocycles. The Bertz CT molecular complexity index is 2360. The van der Waals surface area contributed by atoms with Gasteiger partial charge in [0.25, 0.3) is 23.6 Å². The quantitative estimate of drug-likeness (QED) is 0.0809. The molecule has 264 valence electrons. The number of nitrogens with zero attached hydrogens (tertiary/aromatic N) is 2. The lowest BCUT2D eigenvalue weighted by molar-refractivity contribution is -0.102. The van der Waals surface area contributed by atoms with Gasteiger partial charge in [-0.3, -0.25) is 29.0 Å². The third-order valence-corrected chi connectivity index (χ3v) is 11.2. The number of amides is 4. The fraction of sp³-hybridized carbons (Fsp3) is 0.318. The number of fused-ring (bicyclic) bond motifs is 2. The van der Waals surface area contributed by atoms with Gasteiger partial charge in [-0.25, -0.2) is 0 Å². The van der Waals surface area contributed by atoms with Gasteiger partial charge in [0, 0.05) is 39.6 Å². The number of benzene rings is 6. The lowest BCUT2D eigenvalue weighted by atomic mass is 9.81. The first-order valence-electron chi connectivity index (χ1n) is 18.1. The molecule has 8 heteroatoms. The van der Waals surface area contributed by atoms with Crippen LogP contribution in [0, 0.1) is 5.92 Å². The van der Waals surface area contributed by atoms with Crippen LogP contribution in [0.15, 0.2) is 72.8 Å². The summed E-state index contributed by atoms with van der Waals surface area (Å²) in [5.74, 6) is -0.124. The Morgan fingerprint density at radius 1 is 0.596 bits per heavy atom. The molecule has 4 amide bonds. The summed E-state index contributed by atoms with van der Waals surface area (Å²) < 4.78 is 11.7. The molecule has 0 radical (unpaired) electrons. The van der Waals surface area contributed by atoms with E-state index in [1.165, 1.54) is 9.80 Å². The molecule has 6 aromatic carbocycles. The van der Waals surface area contributed by atoms with E-state index in [1.54, 1.807) is 7.11 Å². The second-order valence-electron chi connectivity index (χ2n) is 15.3. The number of hydrogen-bond donors (Lipinski definition) is 0. The summed E-state index contributed by atoms with van der Waals surface area (Å²) >= 11 is 0. The average Bonchev–Trinajstić information content (AvgIpc) is 3.11. The largest absolute Gasteiger partial charge is 0.497 e. The molecule has 0 fully saturated rings. The molecule has 2 aliphatic heterocycles. The number of hydrogen-bond acceptors (Lipinski definition) is 6. The first-order chi connectivity index (χ1) is 24.8. The smallest absolute Gasteiger partial charge is 0.261 e. The summed E-state index contributed by atoms with van der Waals surface area (Å²) in [5.41, 5.74) is 2.14. The first kappa shape index (κ1) is 33.8. The SMILES string of the molecule is COc1ccc(CCN2C(=O)c3ccc4c5ccc6c7c(ccc(c8ccc(c3c48)C2=O)c75)C(=O)N(C(C)C(C)(C)OC(C)CC(C)C)C6=O)cc1. The van der Waals surface area contributed by atoms with E-state index in [2.05, 4.69) is 13.8 Å². The predicted octanol–water partition coefficient (Wildman–Crippen LogP) is 8.80. The first-order valence-corrected chi connectivity index (χ1v) is 18.1. The molecule has 8 rings (SSSR count). The van der Waals surface area contributed by atoms with Crippen molar-refractivity contribution in [2.24, 2.45) is 5.92 Å². The summed E-state index contributed by atoms with van der Waals surface area (Å²) in [6.07, 6.45) is 1.35. The molecule has 2 unspecified atom stereocenters. The highest BCUT2D eigenvalue weighted by Gasteiger charge is 2.43. The number of rotatable bonds is 10. The molecule has 8 nitrogen and oxygen atoms in total. The third-order valence-electron chi connectivity index (χ3n) is 11.2. The molecule has 0 aliphatic carbocycles. The number of ether oxygens (including phenoxy) is 2. The highest BCUT2D eigenvalue weighted by Crippen LogP contribution is 2.46. The zero-order valence-electron chi connectivity index (χ0n) is 30.6. The summed E-state index contributed by atoms with van der Waals surface area (Å²) in [6.45, 7) is 12.3. The highest BCUT2D eigenvalue weighted by atomic mass is 16.5. The molecular formula is C44H42N2O6. The van der Waals surface area contributed by atoms with E-state index in [1.807, 2.05) is 100 Å². The number of methoxy groups -OCH3 is 1. The van der Waals surface area contributed by atoms with E-state index in [0.717, 1.165) is 50.1 Å². The van der Waals surface area contributed by atoms with Crippen molar-refractivity contribution in [2.75, 3.05) is 13.7 Å². The molecule has 0 N–H and O–H groups in total. The van der Waals surface area contributed by atoms with Crippen LogP contribution in [0.1, 0.15) is 95.0 Å². The second kappa shape index (κ2) is 12.1. The Labute approximate surface area is 302 Å². The minimum Gasteiger partial charge on any atom is -0.497 e. The van der Waals surface area contributed by atoms with Gasteiger partial charge in [0.15, 0.2) is 0 Å². The van der Waals surface area contributed by atoms with Crippen LogP contribution in [0.4, 0.5) is 0 Å². The predicted molar refractivity (Wildman–Crippen MR) is 204 cm³/mol. The van der Waals surface area contributed by atoms with Crippen LogP contribution in [0.25, 0.3) is 43.1 Å². The van der Waals surface area contributed by atoms with Gasteiger partial charge in [0.05, 0.1) is 24.9 Å². The summed E-state index contributed by atoms with van der Waals surface area (Å²) in [4.78, 5) is 59.2. The van der Waals surface area contributed by atoms with Gasteiger partial charge in [0.2, 0.25) is 0 Å². The lowest BCUT2D eigenvalue weighted by Gasteiger charge is -2.42. The van der Waals surface area contributed by atoms with Crippen molar-refractivity contribution >= 4 is 66.7 Å². The number of carbonyl (C=O) groups is 4. The Morgan fingerprint density at radius 3 is 1.46 bits per heavy atom. The van der Waals surface area contributed by atoms with Crippen LogP contribution in [0.2, 0.25) is 0 Å². The minimum atomic E-state index is -0.781. The fourth-order valence-corrected chi connectivity index (χ4v) is 8.56. The number of carbonyl (C=O) groups excluding carboxylic acids is 4. The Balaban J connectivity index is 1.21. The highest BCUT2D eigenvalue weighted by molar-refractivity contribution is 6.41. The third kappa shape index (κ3) is 4.99. The minimum absolute atomic E-state index is 0.0386. The van der Waals surface area contributed by atoms with Crippen LogP contribution in [0.3, 0.4) is 0 Å². The maximum atomic E-state index is 14.3. The molecule has 2 aliphatic rings. The van der Waals surface area contributed by atoms with E-state index in [0.29, 0.717) is 45.4 Å². The zero-order valence-corrected chi connectivity index (χ0v) is 30.6. The normalized spacial score (nSPS) is 16.0. The van der Waals surface area contributed by atoms with Crippen LogP contribution < -0.4 is 4.74 Å². The maximum absolute atomic E-state index is 14.3. The summed E-state index contributed by atoms with van der Waals surface area (Å²) in [5, 5.41) is 6.40. The van der Waals surface area contributed by atoms with Gasteiger partial charge >= 0.3 is 0 Å². The Hall–Kier alpha value is -5.34. The van der Waals surface area contributed by atoms with Gasteiger partial charge in [-0.05, 0) is 121 Å². The van der Waals surface area contributed by atoms with Crippen molar-refractivity contribution in [1.29, 1.82) is 0 Å². The van der Waals surface area contributed by atoms with Crippen LogP contribution in [-0.4, -0.2) is 64.8 Å². The Morgan fingerprint density at radius 2 is 1.04 bits per heavy atom. The maximum Gasteiger partial charge on any atom is 0.261 e. The molecular weight excluding hydrogens is 652 g/mol. The topological polar surface area (TPSA) is 93.2 Å². The summed E-state index contributed by atoms with van der Waals surface area (Å²) in [6, 6.07) is 22.1. The molecule has 52 heavy (non-hydrogen) atoms. The standard InChI is InChI=1S/C44H42N2O6/c1-23(2)22-24(3)52-44(5,6)25(4)46-42(49)34-18-14-30-28-12-16-32-38-33(41(48)45(40(32)47)21-20-26-8-10-27(51-7)11-9-26)17-13-29(36(28)38)31-15-19-35(43(46)50)39(34)37(30)31/h8-19,23-25H,20-22H2,1-7H3. The molecule has 0 bridgehead atoms. The van der Waals surface area contributed by atoms with Gasteiger partial charge in [-0.1, -0.05) is 50.2 Å². The molecule has 0 saturated heterocycles. The van der Waals surface area contributed by atoms with E-state index in [4.69, 9.17) is 9.47 Å². The monoisotopic (exact) mass is 694 g/mol. The Kier molecular flexibility index (Phi) is 7.88. The average molecular weight is 695 g/mol. The molecule has 2 atom stereocenters. The molecule has 0 aromatic heterocycles. The lowest BCUT2D eigenvalue weighted by Crippen LogP contribution is -2.56. The van der Waals surface area contributed by atoms with Crippen molar-refractivity contribution < 1.29 is 28.7 Å². The van der Waals surface area contributed by atoms with Crippen LogP contribution >= 0.6 is 0 Å². The van der Waals surface area contributed by atoms with Gasteiger partial charge < -0.3 is 9.47 Å². The zero-order chi connectivity index (χ0) is 36.8. The van der Waals surface area contributed by atoms with Crippen molar-refractivity contribution in [3.8, 4) is 5.75 Å². The van der Waals surface area contributed by atoms with Crippen molar-refractivity contribution in [1.82, 2.24) is 9.80 Å². The van der Waals surface area contributed by atoms with Gasteiger partial charge in [-0.2, -0.15) is 0 Å². The van der Waals surface area contributed by atoms with Crippen LogP contribution in [-0.2, 0) is 11.2 Å². The van der Waals surface area contributed by atoms with Gasteiger partial charge in [0.1, 0.15) is 5.75 Å². The molecule has 0 spiro atoms. The van der Waals surface area contributed by atoms with Crippen molar-refractivity contribution in [2.45, 2.75) is 72.1 Å². The van der Waals surface area contributed by atoms with Crippen molar-refractivity contribution in [3.05, 3.63) is 101 Å². The second-order valence-corrected chi connectivity index (χ2v) is 15.3. The molecule has 0 saturated carbocycles. The molecule has 6 aromatic rings. The van der Waals surface area contributed by atoms with E-state index in [9.17, 15) is 19.2 Å². The van der Waals surface area contributed by atoms with E-state index < -0.39 is 11.6 Å². The fourth-order valence-electron chi connectivity index (χ4n) is 8.56. The van der Waals surface area contributed by atoms with E-state index >= 15 is 0 Å². The van der Waals surface area contributed by atoms with Crippen molar-refractivity contribution in [3.63, 3.8) is 0 Å². The van der Waals surface area contributed by atoms with Crippen LogP contribution in [0.5, 0.6) is 5.75 Å². The van der Waals surface area contributed by atoms with E-state index in [-0.39, 0.29) is 36.3 Å². The number of imide groups is 2. The summed E-state index contributed by atoms with van der Waals surface area (Å²) in [7, 11) is 1.61. The van der Waals surface area contributed by atoms with Gasteiger partial charge in [-0.15, -0.1) is 0 Å².